The number of primary sulfonamides is 1. The molecular weight excluding hydrogens is 206 g/mol. The molecule has 6 nitrogen and oxygen atoms in total. The van der Waals surface area contributed by atoms with Gasteiger partial charge in [-0.25, -0.2) is 23.5 Å². The highest BCUT2D eigenvalue weighted by atomic mass is 32.2. The van der Waals surface area contributed by atoms with Crippen LogP contribution in [-0.2, 0) is 10.0 Å². The molecule has 1 heterocycles. The minimum atomic E-state index is -3.71. The van der Waals surface area contributed by atoms with E-state index in [9.17, 15) is 13.5 Å². The Balaban J connectivity index is 2.80. The molecule has 0 aliphatic heterocycles. The molecule has 0 aliphatic rings. The fourth-order valence-electron chi connectivity index (χ4n) is 0.869. The number of aliphatic hydroxyl groups is 1. The summed E-state index contributed by atoms with van der Waals surface area (Å²) in [6.07, 6.45) is 1.72. The van der Waals surface area contributed by atoms with Gasteiger partial charge in [0.05, 0.1) is 5.75 Å². The molecule has 0 spiro atoms. The van der Waals surface area contributed by atoms with Crippen molar-refractivity contribution in [1.82, 2.24) is 9.97 Å². The second kappa shape index (κ2) is 3.99. The van der Waals surface area contributed by atoms with Gasteiger partial charge in [-0.2, -0.15) is 0 Å². The average Bonchev–Trinajstić information content (AvgIpc) is 2.02. The first-order valence-corrected chi connectivity index (χ1v) is 5.57. The van der Waals surface area contributed by atoms with Crippen LogP contribution in [0.2, 0.25) is 0 Å². The fourth-order valence-corrected chi connectivity index (χ4v) is 1.46. The summed E-state index contributed by atoms with van der Waals surface area (Å²) in [6.45, 7) is 1.79. The topological polar surface area (TPSA) is 106 Å². The molecule has 1 rings (SSSR count). The normalized spacial score (nSPS) is 13.9. The third kappa shape index (κ3) is 3.36. The van der Waals surface area contributed by atoms with Crippen LogP contribution in [0, 0.1) is 6.92 Å². The van der Waals surface area contributed by atoms with Crippen molar-refractivity contribution in [3.8, 4) is 0 Å². The molecule has 0 aromatic carbocycles. The van der Waals surface area contributed by atoms with Crippen molar-refractivity contribution in [2.45, 2.75) is 13.0 Å². The number of sulfonamides is 1. The van der Waals surface area contributed by atoms with E-state index in [4.69, 9.17) is 5.14 Å². The van der Waals surface area contributed by atoms with Gasteiger partial charge in [0.2, 0.25) is 10.0 Å². The maximum absolute atomic E-state index is 10.6. The summed E-state index contributed by atoms with van der Waals surface area (Å²) in [4.78, 5) is 7.56. The average molecular weight is 217 g/mol. The fraction of sp³-hybridized carbons (Fsp3) is 0.429. The molecule has 3 N–H and O–H groups in total. The standard InChI is InChI=1S/C7H11N3O3S/c1-5-2-9-7(10-3-5)6(11)4-14(8,12)13/h2-3,6,11H,4H2,1H3,(H2,8,12,13)/t6-/m1/s1. The zero-order valence-corrected chi connectivity index (χ0v) is 8.40. The van der Waals surface area contributed by atoms with Crippen LogP contribution in [0.3, 0.4) is 0 Å². The summed E-state index contributed by atoms with van der Waals surface area (Å²) in [7, 11) is -3.71. The molecule has 0 unspecified atom stereocenters. The largest absolute Gasteiger partial charge is 0.384 e. The summed E-state index contributed by atoms with van der Waals surface area (Å²) in [5.41, 5.74) is 0.830. The van der Waals surface area contributed by atoms with E-state index < -0.39 is 21.9 Å². The molecule has 0 saturated carbocycles. The Kier molecular flexibility index (Phi) is 3.14. The van der Waals surface area contributed by atoms with E-state index in [0.717, 1.165) is 5.56 Å². The van der Waals surface area contributed by atoms with Crippen LogP contribution in [-0.4, -0.2) is 29.2 Å². The molecule has 1 atom stereocenters. The van der Waals surface area contributed by atoms with Crippen LogP contribution in [0.4, 0.5) is 0 Å². The van der Waals surface area contributed by atoms with Gasteiger partial charge in [0.1, 0.15) is 6.10 Å². The van der Waals surface area contributed by atoms with Gasteiger partial charge in [-0.15, -0.1) is 0 Å². The van der Waals surface area contributed by atoms with Crippen molar-refractivity contribution in [3.05, 3.63) is 23.8 Å². The zero-order valence-electron chi connectivity index (χ0n) is 7.58. The van der Waals surface area contributed by atoms with Crippen molar-refractivity contribution in [2.24, 2.45) is 5.14 Å². The van der Waals surface area contributed by atoms with E-state index in [1.54, 1.807) is 6.92 Å². The first-order chi connectivity index (χ1) is 6.38. The molecule has 78 valence electrons. The van der Waals surface area contributed by atoms with E-state index in [-0.39, 0.29) is 5.82 Å². The molecular formula is C7H11N3O3S. The summed E-state index contributed by atoms with van der Waals surface area (Å²) >= 11 is 0. The molecule has 1 aromatic heterocycles. The monoisotopic (exact) mass is 217 g/mol. The molecule has 0 radical (unpaired) electrons. The van der Waals surface area contributed by atoms with Gasteiger partial charge in [0.15, 0.2) is 5.82 Å². The summed E-state index contributed by atoms with van der Waals surface area (Å²) in [5.74, 6) is -0.514. The number of aromatic nitrogens is 2. The molecule has 14 heavy (non-hydrogen) atoms. The number of rotatable bonds is 3. The lowest BCUT2D eigenvalue weighted by atomic mass is 10.3. The number of hydrogen-bond donors (Lipinski definition) is 2. The van der Waals surface area contributed by atoms with E-state index in [1.807, 2.05) is 0 Å². The maximum Gasteiger partial charge on any atom is 0.212 e. The Morgan fingerprint density at radius 3 is 2.43 bits per heavy atom. The van der Waals surface area contributed by atoms with Crippen LogP contribution in [0.25, 0.3) is 0 Å². The Morgan fingerprint density at radius 2 is 2.00 bits per heavy atom. The number of aryl methyl sites for hydroxylation is 1. The molecule has 7 heteroatoms. The Hall–Kier alpha value is -1.05. The Labute approximate surface area is 81.9 Å². The first-order valence-electron chi connectivity index (χ1n) is 3.85. The molecule has 0 bridgehead atoms. The van der Waals surface area contributed by atoms with Crippen molar-refractivity contribution >= 4 is 10.0 Å². The molecule has 1 aromatic rings. The van der Waals surface area contributed by atoms with Crippen molar-refractivity contribution in [1.29, 1.82) is 0 Å². The summed E-state index contributed by atoms with van der Waals surface area (Å²) in [5, 5.41) is 14.1. The predicted octanol–water partition coefficient (Wildman–Crippen LogP) is -0.893. The minimum Gasteiger partial charge on any atom is -0.384 e. The van der Waals surface area contributed by atoms with E-state index in [0.29, 0.717) is 0 Å². The minimum absolute atomic E-state index is 0.0598. The van der Waals surface area contributed by atoms with E-state index >= 15 is 0 Å². The van der Waals surface area contributed by atoms with E-state index in [1.165, 1.54) is 12.4 Å². The number of aliphatic hydroxyl groups excluding tert-OH is 1. The number of hydrogen-bond acceptors (Lipinski definition) is 5. The SMILES string of the molecule is Cc1cnc([C@H](O)CS(N)(=O)=O)nc1. The van der Waals surface area contributed by atoms with Crippen LogP contribution in [0.1, 0.15) is 17.5 Å². The van der Waals surface area contributed by atoms with Gasteiger partial charge in [-0.05, 0) is 12.5 Å². The van der Waals surface area contributed by atoms with Gasteiger partial charge >= 0.3 is 0 Å². The number of nitrogens with two attached hydrogens (primary N) is 1. The third-order valence-corrected chi connectivity index (χ3v) is 2.27. The zero-order chi connectivity index (χ0) is 10.8. The second-order valence-corrected chi connectivity index (χ2v) is 4.62. The quantitative estimate of drug-likeness (QED) is 0.683. The predicted molar refractivity (Wildman–Crippen MR) is 49.7 cm³/mol. The first kappa shape index (κ1) is 11.0. The lowest BCUT2D eigenvalue weighted by Gasteiger charge is -2.06. The second-order valence-electron chi connectivity index (χ2n) is 2.96. The molecule has 0 aliphatic carbocycles. The number of nitrogens with zero attached hydrogens (tertiary/aromatic N) is 2. The van der Waals surface area contributed by atoms with Crippen LogP contribution in [0.5, 0.6) is 0 Å². The highest BCUT2D eigenvalue weighted by Crippen LogP contribution is 2.08. The molecule has 0 fully saturated rings. The van der Waals surface area contributed by atoms with Crippen molar-refractivity contribution in [2.75, 3.05) is 5.75 Å². The molecule has 0 amide bonds. The van der Waals surface area contributed by atoms with Crippen molar-refractivity contribution in [3.63, 3.8) is 0 Å². The van der Waals surface area contributed by atoms with Crippen molar-refractivity contribution < 1.29 is 13.5 Å². The van der Waals surface area contributed by atoms with Crippen LogP contribution in [0.15, 0.2) is 12.4 Å². The van der Waals surface area contributed by atoms with Gasteiger partial charge in [0.25, 0.3) is 0 Å². The summed E-state index contributed by atoms with van der Waals surface area (Å²) < 4.78 is 21.3. The lowest BCUT2D eigenvalue weighted by molar-refractivity contribution is 0.191. The summed E-state index contributed by atoms with van der Waals surface area (Å²) in [6, 6.07) is 0. The Morgan fingerprint density at radius 1 is 1.50 bits per heavy atom. The van der Waals surface area contributed by atoms with Gasteiger partial charge in [-0.3, -0.25) is 0 Å². The van der Waals surface area contributed by atoms with Gasteiger partial charge in [-0.1, -0.05) is 0 Å². The van der Waals surface area contributed by atoms with Gasteiger partial charge < -0.3 is 5.11 Å². The van der Waals surface area contributed by atoms with E-state index in [2.05, 4.69) is 9.97 Å². The van der Waals surface area contributed by atoms with Gasteiger partial charge in [0, 0.05) is 12.4 Å². The lowest BCUT2D eigenvalue weighted by Crippen LogP contribution is -2.22. The molecule has 0 saturated heterocycles. The highest BCUT2D eigenvalue weighted by Gasteiger charge is 2.16. The smallest absolute Gasteiger partial charge is 0.212 e. The van der Waals surface area contributed by atoms with Crippen LogP contribution >= 0.6 is 0 Å². The van der Waals surface area contributed by atoms with Crippen LogP contribution < -0.4 is 5.14 Å². The third-order valence-electron chi connectivity index (χ3n) is 1.49. The maximum atomic E-state index is 10.6. The highest BCUT2D eigenvalue weighted by molar-refractivity contribution is 7.89. The Bertz CT molecular complexity index is 401.